The Balaban J connectivity index is 1.78. The number of hydrogen-bond donors (Lipinski definition) is 1. The Labute approximate surface area is 125 Å². The quantitative estimate of drug-likeness (QED) is 0.907. The Bertz CT molecular complexity index is 537. The predicted octanol–water partition coefficient (Wildman–Crippen LogP) is 3.20. The smallest absolute Gasteiger partial charge is 0.204 e. The Morgan fingerprint density at radius 1 is 1.14 bits per heavy atom. The van der Waals surface area contributed by atoms with Gasteiger partial charge in [-0.2, -0.15) is 0 Å². The van der Waals surface area contributed by atoms with Crippen molar-refractivity contribution in [1.82, 2.24) is 5.32 Å². The lowest BCUT2D eigenvalue weighted by Gasteiger charge is -2.41. The highest BCUT2D eigenvalue weighted by atomic mass is 16.6. The van der Waals surface area contributed by atoms with Crippen LogP contribution >= 0.6 is 0 Å². The summed E-state index contributed by atoms with van der Waals surface area (Å²) < 4.78 is 18.1. The van der Waals surface area contributed by atoms with E-state index in [4.69, 9.17) is 14.2 Å². The molecule has 0 radical (unpaired) electrons. The van der Waals surface area contributed by atoms with E-state index in [2.05, 4.69) is 18.3 Å². The van der Waals surface area contributed by atoms with Gasteiger partial charge in [-0.05, 0) is 44.4 Å². The van der Waals surface area contributed by atoms with Gasteiger partial charge in [0.05, 0.1) is 0 Å². The van der Waals surface area contributed by atoms with E-state index in [9.17, 15) is 0 Å². The first kappa shape index (κ1) is 13.3. The number of rotatable bonds is 2. The van der Waals surface area contributed by atoms with Crippen LogP contribution in [0.15, 0.2) is 12.1 Å². The highest BCUT2D eigenvalue weighted by Crippen LogP contribution is 2.53. The number of ether oxygens (including phenoxy) is 3. The molecule has 0 saturated heterocycles. The molecular weight excluding hydrogens is 266 g/mol. The van der Waals surface area contributed by atoms with Crippen molar-refractivity contribution in [1.29, 1.82) is 0 Å². The van der Waals surface area contributed by atoms with Gasteiger partial charge in [-0.25, -0.2) is 0 Å². The molecule has 1 spiro atoms. The average Bonchev–Trinajstić information content (AvgIpc) is 2.95. The third-order valence-electron chi connectivity index (χ3n) is 4.93. The minimum absolute atomic E-state index is 0.00420. The van der Waals surface area contributed by atoms with E-state index in [-0.39, 0.29) is 5.60 Å². The molecule has 1 aliphatic carbocycles. The summed E-state index contributed by atoms with van der Waals surface area (Å²) in [5.74, 6) is 2.56. The molecule has 1 aromatic carbocycles. The van der Waals surface area contributed by atoms with E-state index in [1.807, 2.05) is 6.07 Å². The molecule has 0 amide bonds. The van der Waals surface area contributed by atoms with Gasteiger partial charge in [0.1, 0.15) is 18.8 Å². The summed E-state index contributed by atoms with van der Waals surface area (Å²) in [5, 5.41) is 3.62. The first-order valence-electron chi connectivity index (χ1n) is 8.16. The molecule has 114 valence electrons. The minimum Gasteiger partial charge on any atom is -0.486 e. The number of fused-ring (bicyclic) bond motifs is 3. The highest BCUT2D eigenvalue weighted by molar-refractivity contribution is 5.58. The lowest BCUT2D eigenvalue weighted by molar-refractivity contribution is 0.0300. The number of hydrogen-bond acceptors (Lipinski definition) is 4. The third kappa shape index (κ3) is 2.16. The summed E-state index contributed by atoms with van der Waals surface area (Å²) in [4.78, 5) is 0. The van der Waals surface area contributed by atoms with Crippen LogP contribution in [0.4, 0.5) is 0 Å². The second-order valence-corrected chi connectivity index (χ2v) is 6.31. The van der Waals surface area contributed by atoms with Gasteiger partial charge >= 0.3 is 0 Å². The largest absolute Gasteiger partial charge is 0.486 e. The van der Waals surface area contributed by atoms with Crippen LogP contribution in [0, 0.1) is 0 Å². The SMILES string of the molecule is CCNC1CC2(CCCC2)Oc2c1ccc1c2OCCO1. The molecule has 4 rings (SSSR count). The van der Waals surface area contributed by atoms with Crippen molar-refractivity contribution >= 4 is 0 Å². The summed E-state index contributed by atoms with van der Waals surface area (Å²) in [7, 11) is 0. The molecule has 2 aliphatic heterocycles. The topological polar surface area (TPSA) is 39.7 Å². The molecule has 21 heavy (non-hydrogen) atoms. The molecule has 2 heterocycles. The van der Waals surface area contributed by atoms with Crippen molar-refractivity contribution in [2.45, 2.75) is 50.7 Å². The number of nitrogens with one attached hydrogen (secondary N) is 1. The lowest BCUT2D eigenvalue weighted by Crippen LogP contribution is -2.42. The second kappa shape index (κ2) is 5.09. The van der Waals surface area contributed by atoms with Crippen molar-refractivity contribution in [3.8, 4) is 17.2 Å². The highest BCUT2D eigenvalue weighted by Gasteiger charge is 2.44. The third-order valence-corrected chi connectivity index (χ3v) is 4.93. The fraction of sp³-hybridized carbons (Fsp3) is 0.647. The fourth-order valence-electron chi connectivity index (χ4n) is 3.98. The van der Waals surface area contributed by atoms with Gasteiger partial charge in [0.25, 0.3) is 0 Å². The average molecular weight is 289 g/mol. The van der Waals surface area contributed by atoms with Gasteiger partial charge in [-0.15, -0.1) is 0 Å². The summed E-state index contributed by atoms with van der Waals surface area (Å²) in [6.07, 6.45) is 5.90. The maximum atomic E-state index is 6.51. The molecule has 1 saturated carbocycles. The van der Waals surface area contributed by atoms with E-state index in [1.165, 1.54) is 18.4 Å². The summed E-state index contributed by atoms with van der Waals surface area (Å²) in [6, 6.07) is 4.51. The molecule has 1 N–H and O–H groups in total. The van der Waals surface area contributed by atoms with Crippen molar-refractivity contribution < 1.29 is 14.2 Å². The van der Waals surface area contributed by atoms with E-state index < -0.39 is 0 Å². The van der Waals surface area contributed by atoms with Crippen LogP contribution in [0.1, 0.15) is 50.6 Å². The Kier molecular flexibility index (Phi) is 3.21. The zero-order valence-corrected chi connectivity index (χ0v) is 12.6. The van der Waals surface area contributed by atoms with Crippen molar-refractivity contribution in [3.05, 3.63) is 17.7 Å². The van der Waals surface area contributed by atoms with Crippen molar-refractivity contribution in [3.63, 3.8) is 0 Å². The van der Waals surface area contributed by atoms with Crippen molar-refractivity contribution in [2.75, 3.05) is 19.8 Å². The van der Waals surface area contributed by atoms with Crippen LogP contribution in [-0.4, -0.2) is 25.4 Å². The Morgan fingerprint density at radius 2 is 1.95 bits per heavy atom. The van der Waals surface area contributed by atoms with Gasteiger partial charge in [-0.3, -0.25) is 0 Å². The minimum atomic E-state index is -0.00420. The standard InChI is InChI=1S/C17H23NO3/c1-2-18-13-11-17(7-3-4-8-17)21-15-12(13)5-6-14-16(15)20-10-9-19-14/h5-6,13,18H,2-4,7-11H2,1H3. The molecule has 0 aromatic heterocycles. The normalized spacial score (nSPS) is 25.5. The van der Waals surface area contributed by atoms with E-state index >= 15 is 0 Å². The van der Waals surface area contributed by atoms with E-state index in [1.54, 1.807) is 0 Å². The van der Waals surface area contributed by atoms with Gasteiger partial charge in [-0.1, -0.05) is 6.92 Å². The molecule has 4 nitrogen and oxygen atoms in total. The Morgan fingerprint density at radius 3 is 2.76 bits per heavy atom. The van der Waals surface area contributed by atoms with Gasteiger partial charge in [0.15, 0.2) is 11.5 Å². The molecule has 4 heteroatoms. The molecule has 1 unspecified atom stereocenters. The van der Waals surface area contributed by atoms with Crippen LogP contribution in [0.3, 0.4) is 0 Å². The summed E-state index contributed by atoms with van der Waals surface area (Å²) >= 11 is 0. The van der Waals surface area contributed by atoms with Crippen LogP contribution in [-0.2, 0) is 0 Å². The van der Waals surface area contributed by atoms with Crippen LogP contribution in [0.2, 0.25) is 0 Å². The zero-order chi connectivity index (χ0) is 14.3. The fourth-order valence-corrected chi connectivity index (χ4v) is 3.98. The second-order valence-electron chi connectivity index (χ2n) is 6.31. The molecule has 0 bridgehead atoms. The molecule has 1 atom stereocenters. The monoisotopic (exact) mass is 289 g/mol. The van der Waals surface area contributed by atoms with Crippen LogP contribution < -0.4 is 19.5 Å². The van der Waals surface area contributed by atoms with Crippen LogP contribution in [0.25, 0.3) is 0 Å². The molecule has 3 aliphatic rings. The molecular formula is C17H23NO3. The zero-order valence-electron chi connectivity index (χ0n) is 12.6. The number of benzene rings is 1. The first-order chi connectivity index (χ1) is 10.3. The van der Waals surface area contributed by atoms with Gasteiger partial charge in [0, 0.05) is 18.0 Å². The van der Waals surface area contributed by atoms with E-state index in [0.29, 0.717) is 19.3 Å². The summed E-state index contributed by atoms with van der Waals surface area (Å²) in [6.45, 7) is 4.35. The Hall–Kier alpha value is -1.42. The predicted molar refractivity (Wildman–Crippen MR) is 80.3 cm³/mol. The maximum absolute atomic E-state index is 6.51. The van der Waals surface area contributed by atoms with E-state index in [0.717, 1.165) is 43.1 Å². The molecule has 1 aromatic rings. The lowest BCUT2D eigenvalue weighted by atomic mass is 9.85. The molecule has 1 fully saturated rings. The first-order valence-corrected chi connectivity index (χ1v) is 8.16. The van der Waals surface area contributed by atoms with Gasteiger partial charge < -0.3 is 19.5 Å². The van der Waals surface area contributed by atoms with Crippen LogP contribution in [0.5, 0.6) is 17.2 Å². The van der Waals surface area contributed by atoms with Crippen molar-refractivity contribution in [2.24, 2.45) is 0 Å². The van der Waals surface area contributed by atoms with Gasteiger partial charge in [0.2, 0.25) is 5.75 Å². The summed E-state index contributed by atoms with van der Waals surface area (Å²) in [5.41, 5.74) is 1.22. The maximum Gasteiger partial charge on any atom is 0.204 e.